The monoisotopic (exact) mass is 190 g/mol. The van der Waals surface area contributed by atoms with Crippen molar-refractivity contribution in [2.45, 2.75) is 13.8 Å². The summed E-state index contributed by atoms with van der Waals surface area (Å²) in [7, 11) is 0. The van der Waals surface area contributed by atoms with Crippen LogP contribution in [0.2, 0.25) is 0 Å². The van der Waals surface area contributed by atoms with E-state index in [1.807, 2.05) is 13.8 Å². The number of ketones is 1. The second-order valence-electron chi connectivity index (χ2n) is 3.19. The topological polar surface area (TPSA) is 43.4 Å². The van der Waals surface area contributed by atoms with Gasteiger partial charge in [0.2, 0.25) is 0 Å². The van der Waals surface area contributed by atoms with Gasteiger partial charge in [-0.05, 0) is 37.1 Å². The molecule has 0 fully saturated rings. The Morgan fingerprint density at radius 2 is 1.43 bits per heavy atom. The molecule has 14 heavy (non-hydrogen) atoms. The highest BCUT2D eigenvalue weighted by molar-refractivity contribution is 6.06. The summed E-state index contributed by atoms with van der Waals surface area (Å²) in [6.07, 6.45) is 3.00. The zero-order valence-electron chi connectivity index (χ0n) is 8.03. The van der Waals surface area contributed by atoms with E-state index in [0.717, 1.165) is 11.1 Å². The highest BCUT2D eigenvalue weighted by atomic mass is 16.4. The molecule has 2 rings (SSSR count). The normalized spacial score (nSPS) is 10.4. The molecule has 0 atom stereocenters. The van der Waals surface area contributed by atoms with Gasteiger partial charge in [-0.2, -0.15) is 0 Å². The minimum Gasteiger partial charge on any atom is -0.460 e. The molecule has 0 radical (unpaired) electrons. The summed E-state index contributed by atoms with van der Waals surface area (Å²) in [5.74, 6) is 0.501. The van der Waals surface area contributed by atoms with Crippen molar-refractivity contribution in [2.24, 2.45) is 0 Å². The van der Waals surface area contributed by atoms with Crippen LogP contribution in [0.5, 0.6) is 0 Å². The van der Waals surface area contributed by atoms with E-state index in [0.29, 0.717) is 11.5 Å². The zero-order chi connectivity index (χ0) is 10.1. The Morgan fingerprint density at radius 3 is 1.71 bits per heavy atom. The molecule has 3 nitrogen and oxygen atoms in total. The maximum atomic E-state index is 11.8. The van der Waals surface area contributed by atoms with E-state index in [4.69, 9.17) is 8.83 Å². The van der Waals surface area contributed by atoms with Gasteiger partial charge >= 0.3 is 0 Å². The average molecular weight is 190 g/mol. The molecule has 0 aromatic carbocycles. The average Bonchev–Trinajstić information content (AvgIpc) is 2.73. The van der Waals surface area contributed by atoms with Gasteiger partial charge in [0, 0.05) is 0 Å². The summed E-state index contributed by atoms with van der Waals surface area (Å²) >= 11 is 0. The molecule has 0 N–H and O–H groups in total. The lowest BCUT2D eigenvalue weighted by Gasteiger charge is -1.95. The Hall–Kier alpha value is -1.77. The van der Waals surface area contributed by atoms with Crippen LogP contribution in [0.1, 0.15) is 27.4 Å². The lowest BCUT2D eigenvalue weighted by Crippen LogP contribution is -2.01. The first-order valence-electron chi connectivity index (χ1n) is 4.33. The molecule has 2 aromatic rings. The van der Waals surface area contributed by atoms with Gasteiger partial charge in [-0.1, -0.05) is 0 Å². The Bertz CT molecular complexity index is 420. The van der Waals surface area contributed by atoms with E-state index in [9.17, 15) is 4.79 Å². The third-order valence-corrected chi connectivity index (χ3v) is 2.14. The van der Waals surface area contributed by atoms with Crippen molar-refractivity contribution in [2.75, 3.05) is 0 Å². The molecule has 0 spiro atoms. The summed E-state index contributed by atoms with van der Waals surface area (Å²) in [5, 5.41) is 0. The predicted molar refractivity (Wildman–Crippen MR) is 50.3 cm³/mol. The number of rotatable bonds is 2. The van der Waals surface area contributed by atoms with Crippen molar-refractivity contribution in [3.05, 3.63) is 47.3 Å². The first-order valence-corrected chi connectivity index (χ1v) is 4.33. The van der Waals surface area contributed by atoms with E-state index < -0.39 is 0 Å². The lowest BCUT2D eigenvalue weighted by atomic mass is 10.1. The minimum absolute atomic E-state index is 0.199. The van der Waals surface area contributed by atoms with E-state index in [2.05, 4.69) is 0 Å². The number of carbonyl (C=O) groups is 1. The fourth-order valence-electron chi connectivity index (χ4n) is 1.31. The highest BCUT2D eigenvalue weighted by Gasteiger charge is 2.19. The van der Waals surface area contributed by atoms with Gasteiger partial charge in [-0.25, -0.2) is 0 Å². The van der Waals surface area contributed by atoms with Crippen molar-refractivity contribution in [1.29, 1.82) is 0 Å². The van der Waals surface area contributed by atoms with Crippen LogP contribution in [-0.4, -0.2) is 5.78 Å². The standard InChI is InChI=1S/C11H10O3/c1-7-3-5-13-10(7)9(12)11-8(2)4-6-14-11/h3-6H,1-2H3. The number of aryl methyl sites for hydroxylation is 2. The second-order valence-corrected chi connectivity index (χ2v) is 3.19. The highest BCUT2D eigenvalue weighted by Crippen LogP contribution is 2.18. The first-order chi connectivity index (χ1) is 6.70. The quantitative estimate of drug-likeness (QED) is 0.684. The molecule has 72 valence electrons. The van der Waals surface area contributed by atoms with Gasteiger partial charge in [0.15, 0.2) is 11.5 Å². The van der Waals surface area contributed by atoms with Gasteiger partial charge in [-0.3, -0.25) is 4.79 Å². The Kier molecular flexibility index (Phi) is 2.00. The second kappa shape index (κ2) is 3.18. The van der Waals surface area contributed by atoms with Gasteiger partial charge in [0.1, 0.15) is 0 Å². The number of furan rings is 2. The molecule has 0 aliphatic heterocycles. The van der Waals surface area contributed by atoms with Crippen molar-refractivity contribution in [1.82, 2.24) is 0 Å². The Labute approximate surface area is 81.3 Å². The molecular formula is C11H10O3. The number of hydrogen-bond acceptors (Lipinski definition) is 3. The molecule has 2 aromatic heterocycles. The van der Waals surface area contributed by atoms with E-state index in [-0.39, 0.29) is 5.78 Å². The summed E-state index contributed by atoms with van der Waals surface area (Å²) < 4.78 is 10.2. The molecule has 0 saturated carbocycles. The molecule has 2 heterocycles. The maximum Gasteiger partial charge on any atom is 0.263 e. The van der Waals surface area contributed by atoms with Crippen molar-refractivity contribution in [3.8, 4) is 0 Å². The fourth-order valence-corrected chi connectivity index (χ4v) is 1.31. The summed E-state index contributed by atoms with van der Waals surface area (Å²) in [5.41, 5.74) is 1.65. The van der Waals surface area contributed by atoms with Crippen LogP contribution >= 0.6 is 0 Å². The molecule has 0 unspecified atom stereocenters. The smallest absolute Gasteiger partial charge is 0.263 e. The van der Waals surface area contributed by atoms with Gasteiger partial charge in [0.25, 0.3) is 5.78 Å². The van der Waals surface area contributed by atoms with Crippen molar-refractivity contribution >= 4 is 5.78 Å². The molecule has 0 saturated heterocycles. The van der Waals surface area contributed by atoms with Crippen LogP contribution in [-0.2, 0) is 0 Å². The maximum absolute atomic E-state index is 11.8. The van der Waals surface area contributed by atoms with E-state index in [1.54, 1.807) is 12.1 Å². The van der Waals surface area contributed by atoms with Crippen LogP contribution in [0.4, 0.5) is 0 Å². The number of hydrogen-bond donors (Lipinski definition) is 0. The molecule has 3 heteroatoms. The summed E-state index contributed by atoms with van der Waals surface area (Å²) in [6.45, 7) is 3.66. The zero-order valence-corrected chi connectivity index (χ0v) is 8.03. The third kappa shape index (κ3) is 1.27. The van der Waals surface area contributed by atoms with Gasteiger partial charge in [0.05, 0.1) is 12.5 Å². The van der Waals surface area contributed by atoms with Crippen LogP contribution in [0.15, 0.2) is 33.5 Å². The van der Waals surface area contributed by atoms with Gasteiger partial charge < -0.3 is 8.83 Å². The molecule has 0 bridgehead atoms. The van der Waals surface area contributed by atoms with E-state index >= 15 is 0 Å². The Balaban J connectivity index is 2.44. The van der Waals surface area contributed by atoms with Gasteiger partial charge in [-0.15, -0.1) is 0 Å². The van der Waals surface area contributed by atoms with Crippen LogP contribution in [0.25, 0.3) is 0 Å². The van der Waals surface area contributed by atoms with E-state index in [1.165, 1.54) is 12.5 Å². The first kappa shape index (κ1) is 8.81. The minimum atomic E-state index is -0.199. The van der Waals surface area contributed by atoms with Crippen LogP contribution < -0.4 is 0 Å². The fraction of sp³-hybridized carbons (Fsp3) is 0.182. The SMILES string of the molecule is Cc1ccoc1C(=O)c1occc1C. The Morgan fingerprint density at radius 1 is 1.00 bits per heavy atom. The third-order valence-electron chi connectivity index (χ3n) is 2.14. The van der Waals surface area contributed by atoms with Crippen molar-refractivity contribution < 1.29 is 13.6 Å². The predicted octanol–water partition coefficient (Wildman–Crippen LogP) is 2.72. The summed E-state index contributed by atoms with van der Waals surface area (Å²) in [6, 6.07) is 3.51. The molecule has 0 aliphatic carbocycles. The van der Waals surface area contributed by atoms with Crippen LogP contribution in [0.3, 0.4) is 0 Å². The lowest BCUT2D eigenvalue weighted by molar-refractivity contribution is 0.0981. The molecule has 0 aliphatic rings. The molecule has 0 amide bonds. The number of carbonyl (C=O) groups excluding carboxylic acids is 1. The molecular weight excluding hydrogens is 180 g/mol. The van der Waals surface area contributed by atoms with Crippen molar-refractivity contribution in [3.63, 3.8) is 0 Å². The van der Waals surface area contributed by atoms with Crippen LogP contribution in [0, 0.1) is 13.8 Å². The largest absolute Gasteiger partial charge is 0.460 e. The summed E-state index contributed by atoms with van der Waals surface area (Å²) in [4.78, 5) is 11.8.